The number of halogens is 1. The van der Waals surface area contributed by atoms with Crippen molar-refractivity contribution in [1.82, 2.24) is 0 Å². The van der Waals surface area contributed by atoms with Crippen LogP contribution >= 0.6 is 7.91 Å². The van der Waals surface area contributed by atoms with Gasteiger partial charge in [0.2, 0.25) is 0 Å². The summed E-state index contributed by atoms with van der Waals surface area (Å²) in [6, 6.07) is 0. The van der Waals surface area contributed by atoms with Gasteiger partial charge in [0.05, 0.1) is 0 Å². The molecular formula is H3FFeMnNaO3PV. The maximum atomic E-state index is 10.4. The van der Waals surface area contributed by atoms with E-state index in [4.69, 9.17) is 14.4 Å². The van der Waals surface area contributed by atoms with Gasteiger partial charge in [0.1, 0.15) is 0 Å². The summed E-state index contributed by atoms with van der Waals surface area (Å²) in [4.78, 5) is 13.9. The largest absolute Gasteiger partial charge is 1.00 e. The molecule has 0 heterocycles. The summed E-state index contributed by atoms with van der Waals surface area (Å²) < 4.78 is 19.0. The Morgan fingerprint density at radius 2 is 1.44 bits per heavy atom. The third kappa shape index (κ3) is 111. The van der Waals surface area contributed by atoms with E-state index in [-0.39, 0.29) is 83.7 Å². The molecule has 2 N–H and O–H groups in total. The first-order valence-electron chi connectivity index (χ1n) is 0.752. The van der Waals surface area contributed by atoms with Gasteiger partial charge in [0.25, 0.3) is 0 Å². The van der Waals surface area contributed by atoms with Gasteiger partial charge < -0.3 is 1.43 Å². The Hall–Kier alpha value is 2.70. The average Bonchev–Trinajstić information content (AvgIpc) is 0.722. The molecule has 2 radical (unpaired) electrons. The van der Waals surface area contributed by atoms with E-state index >= 15 is 0 Å². The third-order valence-corrected chi connectivity index (χ3v) is 0. The molecule has 0 aromatic carbocycles. The van der Waals surface area contributed by atoms with Gasteiger partial charge in [-0.3, -0.25) is 9.79 Å². The Balaban J connectivity index is -0.00000000800. The fraction of sp³-hybridized carbons (Fsp3) is 0. The van der Waals surface area contributed by atoms with Crippen molar-refractivity contribution in [2.45, 2.75) is 0 Å². The topological polar surface area (TPSA) is 57.5 Å². The van der Waals surface area contributed by atoms with E-state index < -0.39 is 7.91 Å². The van der Waals surface area contributed by atoms with E-state index in [9.17, 15) is 4.20 Å². The van der Waals surface area contributed by atoms with Crippen molar-refractivity contribution >= 4 is 7.91 Å². The van der Waals surface area contributed by atoms with Gasteiger partial charge in [0.15, 0.2) is 0 Å². The van der Waals surface area contributed by atoms with E-state index in [0.717, 1.165) is 0 Å². The second-order valence-electron chi connectivity index (χ2n) is 0.473. The molecule has 9 heteroatoms. The van der Waals surface area contributed by atoms with Crippen molar-refractivity contribution in [3.63, 3.8) is 0 Å². The van der Waals surface area contributed by atoms with Crippen LogP contribution in [0.15, 0.2) is 0 Å². The van der Waals surface area contributed by atoms with Crippen LogP contribution in [0.5, 0.6) is 0 Å². The minimum atomic E-state index is -5.14. The predicted molar refractivity (Wildman–Crippen MR) is 14.3 cm³/mol. The zero-order valence-corrected chi connectivity index (χ0v) is 10.9. The van der Waals surface area contributed by atoms with Gasteiger partial charge in [-0.2, -0.15) is 0 Å². The molecule has 0 aliphatic rings. The van der Waals surface area contributed by atoms with Gasteiger partial charge in [-0.05, 0) is 0 Å². The zero-order valence-electron chi connectivity index (χ0n) is 5.31. The smallest absolute Gasteiger partial charge is 1.00 e. The van der Waals surface area contributed by atoms with Crippen LogP contribution in [0, 0.1) is 0 Å². The van der Waals surface area contributed by atoms with Gasteiger partial charge in [-0.25, -0.2) is 4.57 Å². The molecule has 0 unspecified atom stereocenters. The minimum absolute atomic E-state index is 0. The SMILES string of the molecule is O=P(O)(O)F.[Fe].[H-].[Mn].[Na+].[V]. The van der Waals surface area contributed by atoms with Crippen molar-refractivity contribution < 1.29 is 102 Å². The quantitative estimate of drug-likeness (QED) is 0.372. The first-order valence-corrected chi connectivity index (χ1v) is 2.25. The van der Waals surface area contributed by atoms with E-state index in [0.29, 0.717) is 0 Å². The Kier molecular flexibility index (Phi) is 44.1. The molecule has 3 nitrogen and oxygen atoms in total. The Bertz CT molecular complexity index is 74.6. The number of rotatable bonds is 0. The molecular weight excluding hydrogens is 283 g/mol. The molecule has 9 heavy (non-hydrogen) atoms. The zero-order chi connectivity index (χ0) is 4.50. The average molecular weight is 286 g/mol. The molecule has 0 amide bonds. The summed E-state index contributed by atoms with van der Waals surface area (Å²) in [5.74, 6) is 0. The molecule has 0 spiro atoms. The fourth-order valence-corrected chi connectivity index (χ4v) is 0. The summed E-state index contributed by atoms with van der Waals surface area (Å²) in [5, 5.41) is 0. The molecule has 0 atom stereocenters. The van der Waals surface area contributed by atoms with Crippen molar-refractivity contribution in [3.05, 3.63) is 0 Å². The second-order valence-corrected chi connectivity index (χ2v) is 1.42. The van der Waals surface area contributed by atoms with Gasteiger partial charge in [-0.15, -0.1) is 4.20 Å². The van der Waals surface area contributed by atoms with Gasteiger partial charge >= 0.3 is 37.5 Å². The van der Waals surface area contributed by atoms with Crippen LogP contribution in [0.4, 0.5) is 4.20 Å². The maximum Gasteiger partial charge on any atom is 1.00 e. The molecule has 0 aromatic heterocycles. The Morgan fingerprint density at radius 1 is 1.44 bits per heavy atom. The molecule has 0 rings (SSSR count). The van der Waals surface area contributed by atoms with Crippen LogP contribution in [0.3, 0.4) is 0 Å². The summed E-state index contributed by atoms with van der Waals surface area (Å²) >= 11 is 0. The minimum Gasteiger partial charge on any atom is -1.00 e. The maximum absolute atomic E-state index is 10.4. The van der Waals surface area contributed by atoms with E-state index in [2.05, 4.69) is 0 Å². The van der Waals surface area contributed by atoms with Crippen molar-refractivity contribution in [1.29, 1.82) is 0 Å². The summed E-state index contributed by atoms with van der Waals surface area (Å²) in [6.45, 7) is 0. The molecule has 0 aliphatic carbocycles. The molecule has 0 saturated carbocycles. The number of hydrogen-bond acceptors (Lipinski definition) is 1. The summed E-state index contributed by atoms with van der Waals surface area (Å²) in [6.07, 6.45) is 0. The summed E-state index contributed by atoms with van der Waals surface area (Å²) in [5.41, 5.74) is 0. The molecule has 0 aliphatic heterocycles. The second kappa shape index (κ2) is 13.3. The van der Waals surface area contributed by atoms with Crippen LogP contribution in [0.25, 0.3) is 0 Å². The standard InChI is InChI=1S/FH2O3P.Fe.Mn.Na.V.H/c1-5(2,3)4;;;;;/h(H2,2,3,4);;;;;/q;;;+1;;-1. The van der Waals surface area contributed by atoms with Gasteiger partial charge in [0, 0.05) is 52.7 Å². The van der Waals surface area contributed by atoms with E-state index in [1.165, 1.54) is 0 Å². The first kappa shape index (κ1) is 29.8. The van der Waals surface area contributed by atoms with E-state index in [1.54, 1.807) is 0 Å². The monoisotopic (exact) mass is 286 g/mol. The molecule has 0 saturated heterocycles. The molecule has 0 fully saturated rings. The predicted octanol–water partition coefficient (Wildman–Crippen LogP) is -2.84. The Labute approximate surface area is 109 Å². The fourth-order valence-electron chi connectivity index (χ4n) is 0. The van der Waals surface area contributed by atoms with E-state index in [1.807, 2.05) is 0 Å². The van der Waals surface area contributed by atoms with Crippen molar-refractivity contribution in [2.75, 3.05) is 0 Å². The van der Waals surface area contributed by atoms with Crippen LogP contribution in [0.2, 0.25) is 0 Å². The molecule has 54 valence electrons. The Morgan fingerprint density at radius 3 is 1.44 bits per heavy atom. The van der Waals surface area contributed by atoms with Crippen LogP contribution in [-0.4, -0.2) is 9.79 Å². The third-order valence-electron chi connectivity index (χ3n) is 0. The molecule has 0 aromatic rings. The van der Waals surface area contributed by atoms with Crippen LogP contribution in [-0.2, 0) is 57.3 Å². The molecule has 0 bridgehead atoms. The normalized spacial score (nSPS) is 6.56. The van der Waals surface area contributed by atoms with Crippen molar-refractivity contribution in [3.8, 4) is 0 Å². The van der Waals surface area contributed by atoms with Crippen molar-refractivity contribution in [2.24, 2.45) is 0 Å². The first-order chi connectivity index (χ1) is 2.00. The van der Waals surface area contributed by atoms with Crippen LogP contribution in [0.1, 0.15) is 1.43 Å². The number of hydrogen-bond donors (Lipinski definition) is 2. The van der Waals surface area contributed by atoms with Gasteiger partial charge in [-0.1, -0.05) is 0 Å². The van der Waals surface area contributed by atoms with Crippen LogP contribution < -0.4 is 29.6 Å². The summed E-state index contributed by atoms with van der Waals surface area (Å²) in [7, 11) is -5.14.